The van der Waals surface area contributed by atoms with Crippen molar-refractivity contribution >= 4 is 46.7 Å². The second kappa shape index (κ2) is 52.6. The van der Waals surface area contributed by atoms with E-state index in [0.717, 1.165) is 85.7 Å². The summed E-state index contributed by atoms with van der Waals surface area (Å²) in [5.74, 6) is 10.2. The van der Waals surface area contributed by atoms with Crippen molar-refractivity contribution < 1.29 is 4.74 Å². The smallest absolute Gasteiger partial charge is 0.325 e. The van der Waals surface area contributed by atoms with Crippen molar-refractivity contribution in [3.05, 3.63) is 562 Å². The summed E-state index contributed by atoms with van der Waals surface area (Å²) in [5, 5.41) is 10.9. The first-order valence-corrected chi connectivity index (χ1v) is 51.5. The Hall–Kier alpha value is -17.1. The zero-order chi connectivity index (χ0) is 104. The van der Waals surface area contributed by atoms with E-state index in [0.29, 0.717) is 105 Å². The van der Waals surface area contributed by atoms with Gasteiger partial charge in [0, 0.05) is 86.2 Å². The van der Waals surface area contributed by atoms with E-state index in [9.17, 15) is 0 Å². The van der Waals surface area contributed by atoms with Crippen molar-refractivity contribution in [1.29, 1.82) is 0 Å². The van der Waals surface area contributed by atoms with E-state index in [1.807, 2.05) is 109 Å². The molecule has 0 amide bonds. The van der Waals surface area contributed by atoms with Crippen molar-refractivity contribution in [3.8, 4) is 11.8 Å². The molecular formula is C129H126N18OS. The first kappa shape index (κ1) is 105. The molecule has 149 heavy (non-hydrogen) atoms. The molecule has 0 aliphatic rings. The van der Waals surface area contributed by atoms with Gasteiger partial charge in [-0.3, -0.25) is 0 Å². The van der Waals surface area contributed by atoms with Gasteiger partial charge in [0.05, 0.1) is 0 Å². The zero-order valence-corrected chi connectivity index (χ0v) is 87.9. The number of aryl methyl sites for hydroxylation is 13. The first-order chi connectivity index (χ1) is 72.5. The van der Waals surface area contributed by atoms with E-state index in [4.69, 9.17) is 69.5 Å². The molecule has 5 aromatic heterocycles. The van der Waals surface area contributed by atoms with Gasteiger partial charge in [-0.15, -0.1) is 0 Å². The van der Waals surface area contributed by atoms with Crippen LogP contribution in [0.25, 0.3) is 0 Å². The summed E-state index contributed by atoms with van der Waals surface area (Å²) >= 11 is 1.58. The van der Waals surface area contributed by atoms with Gasteiger partial charge in [0.25, 0.3) is 0 Å². The Balaban J connectivity index is 0.000000133. The third-order valence-corrected chi connectivity index (χ3v) is 26.0. The number of hydrogen-bond acceptors (Lipinski definition) is 20. The molecule has 0 saturated heterocycles. The SMILES string of the molecule is CCc1ccccc1Nc1nc(Cc2ccc(C)cc2)nc(Cc2ccc(C)cc2)n1.Cc1ccc(Cc2nc(Cc3ccc(C)cc3)nc(Nc3cccc(C)c3)n2)cc1.Cc1ccc(Cc2nc(Cc3ccc(C)cc3)nc(Nc3ccccc3C)n2)cc1.Cc1ccccc1Cc1nc(Cc2ccccc2C)nc(Oc2ccccc2)n1.Cc1ccccc1Cc1nc(Cc2ccccc2C)nc(Sc2ccccc2)n1. The lowest BCUT2D eigenvalue weighted by Crippen LogP contribution is -2.09. The third-order valence-electron chi connectivity index (χ3n) is 25.2. The normalized spacial score (nSPS) is 10.8. The van der Waals surface area contributed by atoms with E-state index in [1.165, 1.54) is 122 Å². The summed E-state index contributed by atoms with van der Waals surface area (Å²) < 4.78 is 5.93. The number of nitrogens with one attached hydrogen (secondary N) is 3. The molecule has 0 atom stereocenters. The predicted molar refractivity (Wildman–Crippen MR) is 604 cm³/mol. The molecule has 0 fully saturated rings. The van der Waals surface area contributed by atoms with Gasteiger partial charge in [-0.05, 0) is 244 Å². The van der Waals surface area contributed by atoms with Crippen LogP contribution in [0.4, 0.5) is 34.9 Å². The Bertz CT molecular complexity index is 7270. The van der Waals surface area contributed by atoms with Crippen molar-refractivity contribution in [2.45, 2.75) is 171 Å². The van der Waals surface area contributed by atoms with E-state index in [-0.39, 0.29) is 0 Å². The number of ether oxygens (including phenoxy) is 1. The molecule has 0 aliphatic carbocycles. The van der Waals surface area contributed by atoms with Gasteiger partial charge >= 0.3 is 6.01 Å². The molecular weight excluding hydrogens is 1850 g/mol. The summed E-state index contributed by atoms with van der Waals surface area (Å²) in [5.41, 5.74) is 31.1. The van der Waals surface area contributed by atoms with Gasteiger partial charge in [-0.25, -0.2) is 34.9 Å². The maximum atomic E-state index is 5.93. The molecule has 0 spiro atoms. The van der Waals surface area contributed by atoms with Crippen LogP contribution in [-0.2, 0) is 70.6 Å². The maximum absolute atomic E-state index is 5.93. The molecule has 0 aliphatic heterocycles. The van der Waals surface area contributed by atoms with Gasteiger partial charge in [0.2, 0.25) is 17.8 Å². The Morgan fingerprint density at radius 3 is 0.792 bits per heavy atom. The summed E-state index contributed by atoms with van der Waals surface area (Å²) in [7, 11) is 0. The number of para-hydroxylation sites is 3. The lowest BCUT2D eigenvalue weighted by atomic mass is 10.0. The zero-order valence-electron chi connectivity index (χ0n) is 87.1. The van der Waals surface area contributed by atoms with Crippen molar-refractivity contribution in [3.63, 3.8) is 0 Å². The van der Waals surface area contributed by atoms with Crippen LogP contribution in [-0.4, -0.2) is 74.8 Å². The minimum absolute atomic E-state index is 0.332. The van der Waals surface area contributed by atoms with Gasteiger partial charge in [-0.2, -0.15) is 39.9 Å². The number of benzene rings is 15. The average molecular weight is 1980 g/mol. The summed E-state index contributed by atoms with van der Waals surface area (Å²) in [6.45, 7) is 27.3. The van der Waals surface area contributed by atoms with Crippen LogP contribution in [0.3, 0.4) is 0 Å². The number of hydrogen-bond donors (Lipinski definition) is 3. The molecule has 20 rings (SSSR count). The van der Waals surface area contributed by atoms with Gasteiger partial charge in [0.1, 0.15) is 64.0 Å². The number of aromatic nitrogens is 15. The summed E-state index contributed by atoms with van der Waals surface area (Å²) in [4.78, 5) is 72.0. The van der Waals surface area contributed by atoms with Crippen LogP contribution in [0.15, 0.2) is 386 Å². The molecule has 0 radical (unpaired) electrons. The van der Waals surface area contributed by atoms with Crippen LogP contribution in [0.2, 0.25) is 0 Å². The number of anilines is 6. The fraction of sp³-hybridized carbons (Fsp3) is 0.186. The molecule has 0 bridgehead atoms. The Morgan fingerprint density at radius 1 is 0.208 bits per heavy atom. The highest BCUT2D eigenvalue weighted by Crippen LogP contribution is 2.30. The molecule has 744 valence electrons. The quantitative estimate of drug-likeness (QED) is 0.0366. The van der Waals surface area contributed by atoms with Crippen molar-refractivity contribution in [2.24, 2.45) is 0 Å². The largest absolute Gasteiger partial charge is 0.424 e. The van der Waals surface area contributed by atoms with Gasteiger partial charge < -0.3 is 20.7 Å². The van der Waals surface area contributed by atoms with E-state index in [1.54, 1.807) is 11.8 Å². The van der Waals surface area contributed by atoms with Gasteiger partial charge in [-0.1, -0.05) is 368 Å². The lowest BCUT2D eigenvalue weighted by molar-refractivity contribution is 0.433. The number of rotatable bonds is 31. The fourth-order valence-electron chi connectivity index (χ4n) is 16.5. The van der Waals surface area contributed by atoms with E-state index >= 15 is 0 Å². The summed E-state index contributed by atoms with van der Waals surface area (Å²) in [6, 6.07) is 129. The summed E-state index contributed by atoms with van der Waals surface area (Å²) in [6.07, 6.45) is 7.68. The van der Waals surface area contributed by atoms with Crippen molar-refractivity contribution in [2.75, 3.05) is 16.0 Å². The highest BCUT2D eigenvalue weighted by atomic mass is 32.2. The highest BCUT2D eigenvalue weighted by Gasteiger charge is 2.20. The second-order valence-electron chi connectivity index (χ2n) is 37.7. The molecule has 20 heteroatoms. The number of nitrogens with zero attached hydrogens (tertiary/aromatic N) is 15. The second-order valence-corrected chi connectivity index (χ2v) is 38.7. The van der Waals surface area contributed by atoms with Crippen LogP contribution in [0, 0.1) is 83.1 Å². The van der Waals surface area contributed by atoms with Crippen LogP contribution >= 0.6 is 11.8 Å². The van der Waals surface area contributed by atoms with Crippen molar-refractivity contribution in [1.82, 2.24) is 74.8 Å². The topological polar surface area (TPSA) is 239 Å². The minimum atomic E-state index is 0.332. The van der Waals surface area contributed by atoms with E-state index in [2.05, 4.69) is 383 Å². The first-order valence-electron chi connectivity index (χ1n) is 50.7. The standard InChI is InChI=1S/C27H28N4.2C26H26N4.C25H23N3O.C25H23N3S/c1-4-23-7-5-6-8-24(23)28-27-30-25(17-21-13-9-19(2)10-14-21)29-26(31-27)18-22-15-11-20(3)12-16-22;1-18-7-11-21(12-8-18)16-24-28-25(17-22-13-9-19(2)10-14-22)30-26(29-24)27-23-6-4-5-20(3)15-23;1-18-8-12-21(13-9-18)16-24-28-25(17-22-14-10-19(2)11-15-22)30-26(29-24)27-23-7-5-4-6-20(23)3;2*1-18-10-6-8-12-20(18)16-23-26-24(17-21-13-9-7-11-19(21)2)28-25(27-23)29-22-14-4-3-5-15-22/h5-16H,4,17-18H2,1-3H3,(H,28,29,30,31);2*4-15H,16-17H2,1-3H3,(H,27,28,29,30);2*3-15H,16-17H2,1-2H3. The van der Waals surface area contributed by atoms with Crippen LogP contribution in [0.5, 0.6) is 11.8 Å². The third kappa shape index (κ3) is 33.0. The molecule has 5 heterocycles. The Morgan fingerprint density at radius 2 is 0.477 bits per heavy atom. The molecule has 0 unspecified atom stereocenters. The molecule has 3 N–H and O–H groups in total. The van der Waals surface area contributed by atoms with E-state index < -0.39 is 0 Å². The maximum Gasteiger partial charge on any atom is 0.325 e. The highest BCUT2D eigenvalue weighted by molar-refractivity contribution is 7.99. The molecule has 0 saturated carbocycles. The fourth-order valence-corrected chi connectivity index (χ4v) is 17.3. The van der Waals surface area contributed by atoms with Crippen LogP contribution in [0.1, 0.15) is 193 Å². The van der Waals surface area contributed by atoms with Gasteiger partial charge in [0.15, 0.2) is 5.16 Å². The average Bonchev–Trinajstić information content (AvgIpc) is 0.841. The van der Waals surface area contributed by atoms with Crippen LogP contribution < -0.4 is 20.7 Å². The lowest BCUT2D eigenvalue weighted by Gasteiger charge is -2.12. The molecule has 19 nitrogen and oxygen atoms in total. The molecule has 15 aromatic carbocycles. The minimum Gasteiger partial charge on any atom is -0.424 e. The monoisotopic (exact) mass is 1980 g/mol. The Kier molecular flexibility index (Phi) is 37.0. The molecule has 20 aromatic rings. The Labute approximate surface area is 880 Å². The predicted octanol–water partition coefficient (Wildman–Crippen LogP) is 28.7.